The Labute approximate surface area is 120 Å². The van der Waals surface area contributed by atoms with Gasteiger partial charge in [-0.3, -0.25) is 0 Å². The van der Waals surface area contributed by atoms with E-state index in [-0.39, 0.29) is 0 Å². The first-order chi connectivity index (χ1) is 9.24. The van der Waals surface area contributed by atoms with Crippen LogP contribution in [0.5, 0.6) is 0 Å². The Morgan fingerprint density at radius 2 is 1.68 bits per heavy atom. The number of allylic oxidation sites excluding steroid dienone is 1. The van der Waals surface area contributed by atoms with Gasteiger partial charge in [-0.05, 0) is 49.8 Å². The summed E-state index contributed by atoms with van der Waals surface area (Å²) in [6.45, 7) is 4.33. The molecule has 0 nitrogen and oxygen atoms in total. The molecule has 2 rings (SSSR count). The Hall–Kier alpha value is -1.47. The second-order valence-corrected chi connectivity index (χ2v) is 5.82. The molecule has 0 atom stereocenters. The minimum absolute atomic E-state index is 1.12. The van der Waals surface area contributed by atoms with Gasteiger partial charge < -0.3 is 0 Å². The van der Waals surface area contributed by atoms with Crippen molar-refractivity contribution in [3.63, 3.8) is 0 Å². The van der Waals surface area contributed by atoms with E-state index in [2.05, 4.69) is 73.9 Å². The fourth-order valence-corrected chi connectivity index (χ4v) is 2.58. The van der Waals surface area contributed by atoms with Crippen molar-refractivity contribution in [3.05, 3.63) is 76.7 Å². The van der Waals surface area contributed by atoms with Crippen LogP contribution < -0.4 is 0 Å². The van der Waals surface area contributed by atoms with Gasteiger partial charge in [-0.25, -0.2) is 0 Å². The van der Waals surface area contributed by atoms with Gasteiger partial charge in [0.05, 0.1) is 0 Å². The van der Waals surface area contributed by atoms with Crippen molar-refractivity contribution in [2.24, 2.45) is 0 Å². The second-order valence-electron chi connectivity index (χ2n) is 4.88. The van der Waals surface area contributed by atoms with E-state index in [4.69, 9.17) is 0 Å². The zero-order valence-corrected chi connectivity index (χ0v) is 12.4. The van der Waals surface area contributed by atoms with Crippen molar-refractivity contribution in [3.8, 4) is 0 Å². The van der Waals surface area contributed by atoms with Crippen LogP contribution in [0.3, 0.4) is 0 Å². The molecule has 0 spiro atoms. The standard InChI is InChI=1S/C18H20S/c1-15-9-12-18(13-10-15)19-14-16(2)8-11-17-6-4-3-5-7-17/h3-7,9-10,12-14H,8,11H2,1-2H3/b16-14+. The predicted molar refractivity (Wildman–Crippen MR) is 85.6 cm³/mol. The monoisotopic (exact) mass is 268 g/mol. The topological polar surface area (TPSA) is 0 Å². The average Bonchev–Trinajstić information content (AvgIpc) is 2.45. The summed E-state index contributed by atoms with van der Waals surface area (Å²) in [4.78, 5) is 1.31. The second kappa shape index (κ2) is 7.20. The molecule has 2 aromatic carbocycles. The van der Waals surface area contributed by atoms with E-state index in [9.17, 15) is 0 Å². The van der Waals surface area contributed by atoms with Gasteiger partial charge in [-0.15, -0.1) is 0 Å². The van der Waals surface area contributed by atoms with Crippen LogP contribution in [0.1, 0.15) is 24.5 Å². The Morgan fingerprint density at radius 3 is 2.37 bits per heavy atom. The van der Waals surface area contributed by atoms with Gasteiger partial charge >= 0.3 is 0 Å². The summed E-state index contributed by atoms with van der Waals surface area (Å²) in [6.07, 6.45) is 2.25. The van der Waals surface area contributed by atoms with E-state index >= 15 is 0 Å². The lowest BCUT2D eigenvalue weighted by atomic mass is 10.1. The molecule has 1 heteroatoms. The third kappa shape index (κ3) is 4.96. The molecule has 0 bridgehead atoms. The molecule has 19 heavy (non-hydrogen) atoms. The SMILES string of the molecule is C/C(=C\Sc1ccc(C)cc1)CCc1ccccc1. The molecule has 0 aliphatic heterocycles. The molecule has 0 unspecified atom stereocenters. The first-order valence-corrected chi connectivity index (χ1v) is 7.55. The van der Waals surface area contributed by atoms with Crippen LogP contribution in [0.2, 0.25) is 0 Å². The van der Waals surface area contributed by atoms with Crippen molar-refractivity contribution in [2.45, 2.75) is 31.6 Å². The highest BCUT2D eigenvalue weighted by atomic mass is 32.2. The number of aryl methyl sites for hydroxylation is 2. The van der Waals surface area contributed by atoms with Crippen LogP contribution in [0.4, 0.5) is 0 Å². The lowest BCUT2D eigenvalue weighted by molar-refractivity contribution is 0.944. The molecule has 0 aromatic heterocycles. The summed E-state index contributed by atoms with van der Waals surface area (Å²) in [7, 11) is 0. The van der Waals surface area contributed by atoms with Gasteiger partial charge in [-0.1, -0.05) is 65.4 Å². The fraction of sp³-hybridized carbons (Fsp3) is 0.222. The van der Waals surface area contributed by atoms with Crippen LogP contribution in [0, 0.1) is 6.92 Å². The van der Waals surface area contributed by atoms with Crippen LogP contribution in [-0.2, 0) is 6.42 Å². The van der Waals surface area contributed by atoms with Gasteiger partial charge in [0.25, 0.3) is 0 Å². The van der Waals surface area contributed by atoms with Crippen LogP contribution in [0.25, 0.3) is 0 Å². The molecule has 0 N–H and O–H groups in total. The molecule has 0 aliphatic rings. The average molecular weight is 268 g/mol. The molecule has 0 amide bonds. The highest BCUT2D eigenvalue weighted by Crippen LogP contribution is 2.22. The summed E-state index contributed by atoms with van der Waals surface area (Å²) in [5, 5.41) is 2.27. The highest BCUT2D eigenvalue weighted by molar-refractivity contribution is 8.02. The summed E-state index contributed by atoms with van der Waals surface area (Å²) in [6, 6.07) is 19.4. The van der Waals surface area contributed by atoms with Crippen LogP contribution in [0.15, 0.2) is 70.5 Å². The molecular weight excluding hydrogens is 248 g/mol. The van der Waals surface area contributed by atoms with E-state index in [1.165, 1.54) is 21.6 Å². The number of benzene rings is 2. The maximum atomic E-state index is 2.27. The zero-order valence-electron chi connectivity index (χ0n) is 11.6. The molecule has 2 aromatic rings. The lowest BCUT2D eigenvalue weighted by Gasteiger charge is -2.03. The Balaban J connectivity index is 1.84. The third-order valence-electron chi connectivity index (χ3n) is 3.07. The predicted octanol–water partition coefficient (Wildman–Crippen LogP) is 5.62. The molecule has 0 saturated carbocycles. The van der Waals surface area contributed by atoms with Gasteiger partial charge in [0.15, 0.2) is 0 Å². The first kappa shape index (κ1) is 14.0. The molecule has 0 saturated heterocycles. The molecule has 0 aliphatic carbocycles. The number of hydrogen-bond acceptors (Lipinski definition) is 1. The zero-order chi connectivity index (χ0) is 13.5. The summed E-state index contributed by atoms with van der Waals surface area (Å²) in [5.41, 5.74) is 4.17. The Morgan fingerprint density at radius 1 is 1.00 bits per heavy atom. The van der Waals surface area contributed by atoms with E-state index in [0.717, 1.165) is 12.8 Å². The van der Waals surface area contributed by atoms with Crippen molar-refractivity contribution in [1.29, 1.82) is 0 Å². The quantitative estimate of drug-likeness (QED) is 0.634. The molecular formula is C18H20S. The number of hydrogen-bond donors (Lipinski definition) is 0. The smallest absolute Gasteiger partial charge is 0.0116 e. The summed E-state index contributed by atoms with van der Waals surface area (Å²) in [5.74, 6) is 0. The van der Waals surface area contributed by atoms with Crippen LogP contribution in [-0.4, -0.2) is 0 Å². The molecule has 0 radical (unpaired) electrons. The molecule has 0 fully saturated rings. The minimum atomic E-state index is 1.12. The van der Waals surface area contributed by atoms with Gasteiger partial charge in [0, 0.05) is 4.90 Å². The van der Waals surface area contributed by atoms with Gasteiger partial charge in [0.1, 0.15) is 0 Å². The van der Waals surface area contributed by atoms with Crippen molar-refractivity contribution in [2.75, 3.05) is 0 Å². The molecule has 0 heterocycles. The largest absolute Gasteiger partial charge is 0.0981 e. The van der Waals surface area contributed by atoms with E-state index in [1.807, 2.05) is 11.8 Å². The maximum absolute atomic E-state index is 2.27. The minimum Gasteiger partial charge on any atom is -0.0981 e. The number of thioether (sulfide) groups is 1. The van der Waals surface area contributed by atoms with Crippen molar-refractivity contribution < 1.29 is 0 Å². The first-order valence-electron chi connectivity index (χ1n) is 6.67. The maximum Gasteiger partial charge on any atom is 0.0116 e. The van der Waals surface area contributed by atoms with E-state index in [1.54, 1.807) is 0 Å². The van der Waals surface area contributed by atoms with E-state index in [0.29, 0.717) is 0 Å². The van der Waals surface area contributed by atoms with Crippen molar-refractivity contribution in [1.82, 2.24) is 0 Å². The van der Waals surface area contributed by atoms with E-state index < -0.39 is 0 Å². The fourth-order valence-electron chi connectivity index (χ4n) is 1.83. The molecule has 98 valence electrons. The number of rotatable bonds is 5. The highest BCUT2D eigenvalue weighted by Gasteiger charge is 1.95. The van der Waals surface area contributed by atoms with Gasteiger partial charge in [-0.2, -0.15) is 0 Å². The third-order valence-corrected chi connectivity index (χ3v) is 4.13. The summed E-state index contributed by atoms with van der Waals surface area (Å²) < 4.78 is 0. The van der Waals surface area contributed by atoms with Crippen molar-refractivity contribution >= 4 is 11.8 Å². The Bertz CT molecular complexity index is 523. The normalized spacial score (nSPS) is 11.6. The Kier molecular flexibility index (Phi) is 5.29. The lowest BCUT2D eigenvalue weighted by Crippen LogP contribution is -1.85. The summed E-state index contributed by atoms with van der Waals surface area (Å²) >= 11 is 1.81. The van der Waals surface area contributed by atoms with Gasteiger partial charge in [0.2, 0.25) is 0 Å². The van der Waals surface area contributed by atoms with Crippen LogP contribution >= 0.6 is 11.8 Å².